The predicted molar refractivity (Wildman–Crippen MR) is 119 cm³/mol. The summed E-state index contributed by atoms with van der Waals surface area (Å²) in [5.74, 6) is 2.00. The molecular weight excluding hydrogens is 424 g/mol. The first kappa shape index (κ1) is 22.0. The van der Waals surface area contributed by atoms with Crippen LogP contribution in [0, 0.1) is 13.8 Å². The van der Waals surface area contributed by atoms with Crippen molar-refractivity contribution in [1.29, 1.82) is 0 Å². The summed E-state index contributed by atoms with van der Waals surface area (Å²) in [5.41, 5.74) is 2.71. The molecule has 0 aliphatic carbocycles. The zero-order valence-corrected chi connectivity index (χ0v) is 18.8. The summed E-state index contributed by atoms with van der Waals surface area (Å²) in [6.45, 7) is 4.13. The highest BCUT2D eigenvalue weighted by atomic mass is 35.5. The first-order chi connectivity index (χ1) is 14.4. The second-order valence-corrected chi connectivity index (χ2v) is 8.05. The van der Waals surface area contributed by atoms with Crippen molar-refractivity contribution in [3.8, 4) is 11.5 Å². The van der Waals surface area contributed by atoms with Crippen molar-refractivity contribution in [1.82, 2.24) is 14.8 Å². The first-order valence-corrected chi connectivity index (χ1v) is 10.6. The van der Waals surface area contributed by atoms with E-state index in [4.69, 9.17) is 21.1 Å². The average molecular weight is 447 g/mol. The van der Waals surface area contributed by atoms with E-state index in [0.29, 0.717) is 33.2 Å². The first-order valence-electron chi connectivity index (χ1n) is 9.22. The van der Waals surface area contributed by atoms with E-state index >= 15 is 0 Å². The van der Waals surface area contributed by atoms with Crippen LogP contribution in [0.15, 0.2) is 41.6 Å². The number of hydrogen-bond acceptors (Lipinski definition) is 6. The zero-order chi connectivity index (χ0) is 21.7. The van der Waals surface area contributed by atoms with Crippen LogP contribution in [0.4, 0.5) is 5.69 Å². The third kappa shape index (κ3) is 5.46. The van der Waals surface area contributed by atoms with Gasteiger partial charge in [0.1, 0.15) is 6.61 Å². The van der Waals surface area contributed by atoms with E-state index in [0.717, 1.165) is 11.1 Å². The molecule has 0 atom stereocenters. The number of anilines is 1. The van der Waals surface area contributed by atoms with Crippen molar-refractivity contribution in [3.63, 3.8) is 0 Å². The fourth-order valence-corrected chi connectivity index (χ4v) is 3.54. The Morgan fingerprint density at radius 1 is 1.17 bits per heavy atom. The molecule has 158 valence electrons. The number of amides is 1. The van der Waals surface area contributed by atoms with Gasteiger partial charge in [0.05, 0.1) is 12.9 Å². The highest BCUT2D eigenvalue weighted by molar-refractivity contribution is 7.99. The molecule has 30 heavy (non-hydrogen) atoms. The largest absolute Gasteiger partial charge is 0.493 e. The Hall–Kier alpha value is -2.71. The third-order valence-electron chi connectivity index (χ3n) is 4.39. The summed E-state index contributed by atoms with van der Waals surface area (Å²) < 4.78 is 13.0. The van der Waals surface area contributed by atoms with E-state index in [1.807, 2.05) is 51.2 Å². The van der Waals surface area contributed by atoms with Crippen LogP contribution >= 0.6 is 23.4 Å². The number of carbonyl (C=O) groups is 1. The van der Waals surface area contributed by atoms with Crippen LogP contribution in [-0.2, 0) is 18.4 Å². The molecule has 1 aromatic heterocycles. The quantitative estimate of drug-likeness (QED) is 0.516. The van der Waals surface area contributed by atoms with Gasteiger partial charge in [0, 0.05) is 17.8 Å². The lowest BCUT2D eigenvalue weighted by atomic mass is 10.2. The maximum atomic E-state index is 12.2. The number of hydrogen-bond donors (Lipinski definition) is 1. The van der Waals surface area contributed by atoms with Crippen LogP contribution in [-0.4, -0.2) is 33.5 Å². The van der Waals surface area contributed by atoms with Crippen LogP contribution in [0.2, 0.25) is 5.02 Å². The van der Waals surface area contributed by atoms with E-state index in [9.17, 15) is 4.79 Å². The van der Waals surface area contributed by atoms with Crippen LogP contribution in [0.1, 0.15) is 17.0 Å². The van der Waals surface area contributed by atoms with Gasteiger partial charge in [0.25, 0.3) is 0 Å². The molecule has 1 N–H and O–H groups in total. The van der Waals surface area contributed by atoms with Crippen LogP contribution in [0.5, 0.6) is 11.5 Å². The number of benzene rings is 2. The van der Waals surface area contributed by atoms with E-state index in [1.165, 1.54) is 11.8 Å². The number of carbonyl (C=O) groups excluding carboxylic acids is 1. The lowest BCUT2D eigenvalue weighted by Crippen LogP contribution is -2.14. The van der Waals surface area contributed by atoms with Gasteiger partial charge < -0.3 is 19.4 Å². The molecular formula is C21H23ClN4O3S. The molecule has 3 aromatic rings. The molecule has 1 heterocycles. The number of rotatable bonds is 8. The van der Waals surface area contributed by atoms with E-state index in [2.05, 4.69) is 15.5 Å². The number of ether oxygens (including phenoxy) is 2. The van der Waals surface area contributed by atoms with Gasteiger partial charge in [-0.25, -0.2) is 0 Å². The minimum atomic E-state index is -0.148. The van der Waals surface area contributed by atoms with Crippen LogP contribution < -0.4 is 14.8 Å². The van der Waals surface area contributed by atoms with Crippen molar-refractivity contribution in [2.24, 2.45) is 7.05 Å². The second kappa shape index (κ2) is 9.86. The molecule has 7 nitrogen and oxygen atoms in total. The van der Waals surface area contributed by atoms with Gasteiger partial charge in [0.15, 0.2) is 22.5 Å². The molecule has 0 aliphatic rings. The van der Waals surface area contributed by atoms with E-state index in [1.54, 1.807) is 17.7 Å². The van der Waals surface area contributed by atoms with Crippen LogP contribution in [0.3, 0.4) is 0 Å². The smallest absolute Gasteiger partial charge is 0.234 e. The summed E-state index contributed by atoms with van der Waals surface area (Å²) in [6.07, 6.45) is 0. The maximum Gasteiger partial charge on any atom is 0.234 e. The molecule has 0 bridgehead atoms. The zero-order valence-electron chi connectivity index (χ0n) is 17.2. The van der Waals surface area contributed by atoms with Gasteiger partial charge in [-0.1, -0.05) is 35.5 Å². The summed E-state index contributed by atoms with van der Waals surface area (Å²) in [7, 11) is 3.44. The molecule has 0 unspecified atom stereocenters. The average Bonchev–Trinajstić information content (AvgIpc) is 3.07. The number of halogens is 1. The van der Waals surface area contributed by atoms with Gasteiger partial charge in [-0.3, -0.25) is 4.79 Å². The number of nitrogens with one attached hydrogen (secondary N) is 1. The maximum absolute atomic E-state index is 12.2. The summed E-state index contributed by atoms with van der Waals surface area (Å²) in [6, 6.07) is 11.1. The van der Waals surface area contributed by atoms with Crippen molar-refractivity contribution in [3.05, 3.63) is 58.4 Å². The number of methoxy groups -OCH3 is 1. The van der Waals surface area contributed by atoms with E-state index < -0.39 is 0 Å². The minimum absolute atomic E-state index is 0.148. The number of aromatic nitrogens is 3. The van der Waals surface area contributed by atoms with Crippen molar-refractivity contribution >= 4 is 35.0 Å². The van der Waals surface area contributed by atoms with Gasteiger partial charge in [0.2, 0.25) is 5.91 Å². The third-order valence-corrected chi connectivity index (χ3v) is 5.82. The Bertz CT molecular complexity index is 1050. The Morgan fingerprint density at radius 3 is 2.70 bits per heavy atom. The van der Waals surface area contributed by atoms with Gasteiger partial charge in [-0.15, -0.1) is 10.2 Å². The molecule has 0 saturated carbocycles. The monoisotopic (exact) mass is 446 g/mol. The molecule has 9 heteroatoms. The Morgan fingerprint density at radius 2 is 1.97 bits per heavy atom. The molecule has 0 fully saturated rings. The lowest BCUT2D eigenvalue weighted by molar-refractivity contribution is -0.113. The molecule has 1 amide bonds. The standard InChI is InChI=1S/C21H23ClN4O3S/c1-13-5-8-17(18(9-13)28-4)29-11-19-24-25-21(26(19)3)30-12-20(27)23-15-7-6-14(2)16(22)10-15/h5-10H,11-12H2,1-4H3,(H,23,27). The number of aryl methyl sites for hydroxylation is 2. The van der Waals surface area contributed by atoms with Gasteiger partial charge in [-0.2, -0.15) is 0 Å². The Kier molecular flexibility index (Phi) is 7.23. The van der Waals surface area contributed by atoms with Gasteiger partial charge in [-0.05, 0) is 49.2 Å². The topological polar surface area (TPSA) is 78.3 Å². The summed E-state index contributed by atoms with van der Waals surface area (Å²) >= 11 is 7.39. The molecule has 3 rings (SSSR count). The molecule has 0 saturated heterocycles. The molecule has 2 aromatic carbocycles. The lowest BCUT2D eigenvalue weighted by Gasteiger charge is -2.11. The van der Waals surface area contributed by atoms with Crippen LogP contribution in [0.25, 0.3) is 0 Å². The highest BCUT2D eigenvalue weighted by Gasteiger charge is 2.13. The van der Waals surface area contributed by atoms with Crippen molar-refractivity contribution < 1.29 is 14.3 Å². The SMILES string of the molecule is COc1cc(C)ccc1OCc1nnc(SCC(=O)Nc2ccc(C)c(Cl)c2)n1C. The molecule has 0 radical (unpaired) electrons. The predicted octanol–water partition coefficient (Wildman–Crippen LogP) is 4.40. The normalized spacial score (nSPS) is 10.7. The number of nitrogens with zero attached hydrogens (tertiary/aromatic N) is 3. The van der Waals surface area contributed by atoms with E-state index in [-0.39, 0.29) is 18.3 Å². The highest BCUT2D eigenvalue weighted by Crippen LogP contribution is 2.28. The molecule has 0 aliphatic heterocycles. The Balaban J connectivity index is 1.56. The van der Waals surface area contributed by atoms with Crippen molar-refractivity contribution in [2.75, 3.05) is 18.2 Å². The minimum Gasteiger partial charge on any atom is -0.493 e. The van der Waals surface area contributed by atoms with Crippen molar-refractivity contribution in [2.45, 2.75) is 25.6 Å². The molecule has 0 spiro atoms. The summed E-state index contributed by atoms with van der Waals surface area (Å²) in [5, 5.41) is 12.4. The number of thioether (sulfide) groups is 1. The van der Waals surface area contributed by atoms with Gasteiger partial charge >= 0.3 is 0 Å². The fourth-order valence-electron chi connectivity index (χ4n) is 2.63. The Labute approximate surface area is 184 Å². The summed E-state index contributed by atoms with van der Waals surface area (Å²) in [4.78, 5) is 12.2. The fraction of sp³-hybridized carbons (Fsp3) is 0.286. The second-order valence-electron chi connectivity index (χ2n) is 6.70.